The third kappa shape index (κ3) is 5.29. The first-order valence-corrected chi connectivity index (χ1v) is 10.8. The monoisotopic (exact) mass is 461 g/mol. The van der Waals surface area contributed by atoms with E-state index in [2.05, 4.69) is 55.0 Å². The molecule has 148 valence electrons. The second kappa shape index (κ2) is 9.47. The largest absolute Gasteiger partial charge is 0.496 e. The van der Waals surface area contributed by atoms with Gasteiger partial charge in [0.2, 0.25) is 0 Å². The van der Waals surface area contributed by atoms with Crippen LogP contribution in [0.25, 0.3) is 0 Å². The first kappa shape index (κ1) is 20.7. The molecule has 0 N–H and O–H groups in total. The molecule has 0 radical (unpaired) electrons. The number of benzene rings is 2. The molecular weight excluding hydrogens is 438 g/mol. The fourth-order valence-electron chi connectivity index (χ4n) is 2.71. The molecule has 0 unspecified atom stereocenters. The minimum Gasteiger partial charge on any atom is -0.496 e. The normalized spacial score (nSPS) is 11.1. The Morgan fingerprint density at radius 1 is 1.07 bits per heavy atom. The van der Waals surface area contributed by atoms with Crippen molar-refractivity contribution in [2.24, 2.45) is 7.05 Å². The molecule has 0 aliphatic rings. The summed E-state index contributed by atoms with van der Waals surface area (Å²) in [6, 6.07) is 14.3. The first-order chi connectivity index (χ1) is 13.5. The van der Waals surface area contributed by atoms with Crippen molar-refractivity contribution in [3.8, 4) is 11.5 Å². The average molecular weight is 462 g/mol. The number of aromatic nitrogens is 3. The Kier molecular flexibility index (Phi) is 7.02. The van der Waals surface area contributed by atoms with Crippen molar-refractivity contribution in [2.75, 3.05) is 7.11 Å². The number of hydrogen-bond acceptors (Lipinski definition) is 5. The Hall–Kier alpha value is -1.99. The lowest BCUT2D eigenvalue weighted by Crippen LogP contribution is -2.05. The van der Waals surface area contributed by atoms with Crippen LogP contribution in [0.1, 0.15) is 30.8 Å². The smallest absolute Gasteiger partial charge is 0.191 e. The van der Waals surface area contributed by atoms with Gasteiger partial charge in [-0.15, -0.1) is 10.2 Å². The van der Waals surface area contributed by atoms with Crippen molar-refractivity contribution in [3.63, 3.8) is 0 Å². The number of thioether (sulfide) groups is 1. The van der Waals surface area contributed by atoms with Gasteiger partial charge in [0.25, 0.3) is 0 Å². The van der Waals surface area contributed by atoms with Gasteiger partial charge in [-0.1, -0.05) is 30.0 Å². The summed E-state index contributed by atoms with van der Waals surface area (Å²) in [4.78, 5) is 0. The maximum atomic E-state index is 5.70. The Bertz CT molecular complexity index is 926. The van der Waals surface area contributed by atoms with Crippen LogP contribution in [0.4, 0.5) is 0 Å². The topological polar surface area (TPSA) is 49.2 Å². The van der Waals surface area contributed by atoms with E-state index in [4.69, 9.17) is 9.47 Å². The third-order valence-electron chi connectivity index (χ3n) is 4.17. The maximum Gasteiger partial charge on any atom is 0.191 e. The van der Waals surface area contributed by atoms with Gasteiger partial charge in [0, 0.05) is 19.2 Å². The van der Waals surface area contributed by atoms with Crippen LogP contribution in [0.3, 0.4) is 0 Å². The summed E-state index contributed by atoms with van der Waals surface area (Å²) in [6.07, 6.45) is 0.913. The molecule has 28 heavy (non-hydrogen) atoms. The highest BCUT2D eigenvalue weighted by molar-refractivity contribution is 9.10. The van der Waals surface area contributed by atoms with Crippen LogP contribution in [0.2, 0.25) is 0 Å². The standard InChI is InChI=1S/C21H24BrN3O2S/c1-14(2)27-17-8-5-15(6-9-17)12-20-23-24-21(25(20)3)28-13-16-7-10-19(26-4)18(22)11-16/h5-11,14H,12-13H2,1-4H3. The molecule has 5 nitrogen and oxygen atoms in total. The highest BCUT2D eigenvalue weighted by Gasteiger charge is 2.11. The zero-order chi connectivity index (χ0) is 20.1. The molecule has 0 saturated carbocycles. The summed E-state index contributed by atoms with van der Waals surface area (Å²) >= 11 is 5.20. The second-order valence-corrected chi connectivity index (χ2v) is 8.50. The molecule has 0 spiro atoms. The van der Waals surface area contributed by atoms with E-state index in [0.29, 0.717) is 0 Å². The van der Waals surface area contributed by atoms with Crippen molar-refractivity contribution in [1.82, 2.24) is 14.8 Å². The second-order valence-electron chi connectivity index (χ2n) is 6.70. The van der Waals surface area contributed by atoms with Crippen LogP contribution in [-0.4, -0.2) is 28.0 Å². The Morgan fingerprint density at radius 2 is 1.79 bits per heavy atom. The number of methoxy groups -OCH3 is 1. The van der Waals surface area contributed by atoms with E-state index in [1.807, 2.05) is 39.1 Å². The first-order valence-electron chi connectivity index (χ1n) is 9.05. The molecule has 0 aliphatic heterocycles. The van der Waals surface area contributed by atoms with Gasteiger partial charge >= 0.3 is 0 Å². The van der Waals surface area contributed by atoms with Crippen LogP contribution in [0, 0.1) is 0 Å². The maximum absolute atomic E-state index is 5.70. The molecule has 0 atom stereocenters. The highest BCUT2D eigenvalue weighted by Crippen LogP contribution is 2.29. The summed E-state index contributed by atoms with van der Waals surface area (Å²) in [5.41, 5.74) is 2.38. The van der Waals surface area contributed by atoms with E-state index < -0.39 is 0 Å². The van der Waals surface area contributed by atoms with Crippen molar-refractivity contribution < 1.29 is 9.47 Å². The molecule has 7 heteroatoms. The number of halogens is 1. The average Bonchev–Trinajstić information content (AvgIpc) is 3.01. The van der Waals surface area contributed by atoms with Crippen LogP contribution >= 0.6 is 27.7 Å². The molecule has 0 amide bonds. The Balaban J connectivity index is 1.62. The lowest BCUT2D eigenvalue weighted by molar-refractivity contribution is 0.242. The van der Waals surface area contributed by atoms with Crippen LogP contribution in [0.5, 0.6) is 11.5 Å². The zero-order valence-corrected chi connectivity index (χ0v) is 18.9. The van der Waals surface area contributed by atoms with Gasteiger partial charge in [0.1, 0.15) is 17.3 Å². The third-order valence-corrected chi connectivity index (χ3v) is 5.88. The van der Waals surface area contributed by atoms with Gasteiger partial charge in [-0.2, -0.15) is 0 Å². The fraction of sp³-hybridized carbons (Fsp3) is 0.333. The number of hydrogen-bond donors (Lipinski definition) is 0. The minimum atomic E-state index is 0.176. The molecule has 0 aliphatic carbocycles. The summed E-state index contributed by atoms with van der Waals surface area (Å²) in [5, 5.41) is 9.63. The molecule has 0 saturated heterocycles. The molecule has 0 fully saturated rings. The van der Waals surface area contributed by atoms with E-state index in [-0.39, 0.29) is 6.10 Å². The van der Waals surface area contributed by atoms with Crippen LogP contribution in [-0.2, 0) is 19.2 Å². The van der Waals surface area contributed by atoms with Crippen molar-refractivity contribution >= 4 is 27.7 Å². The number of nitrogens with zero attached hydrogens (tertiary/aromatic N) is 3. The van der Waals surface area contributed by atoms with E-state index in [1.165, 1.54) is 11.1 Å². The molecule has 3 aromatic rings. The molecule has 1 aromatic heterocycles. The highest BCUT2D eigenvalue weighted by atomic mass is 79.9. The summed E-state index contributed by atoms with van der Waals surface area (Å²) in [7, 11) is 3.68. The fourth-order valence-corrected chi connectivity index (χ4v) is 4.17. The SMILES string of the molecule is COc1ccc(CSc2nnc(Cc3ccc(OC(C)C)cc3)n2C)cc1Br. The summed E-state index contributed by atoms with van der Waals surface area (Å²) in [6.45, 7) is 4.05. The van der Waals surface area contributed by atoms with Crippen LogP contribution < -0.4 is 9.47 Å². The van der Waals surface area contributed by atoms with Gasteiger partial charge < -0.3 is 14.0 Å². The number of ether oxygens (including phenoxy) is 2. The van der Waals surface area contributed by atoms with E-state index in [9.17, 15) is 0 Å². The quantitative estimate of drug-likeness (QED) is 0.428. The number of rotatable bonds is 8. The molecule has 1 heterocycles. The van der Waals surface area contributed by atoms with Crippen molar-refractivity contribution in [1.29, 1.82) is 0 Å². The van der Waals surface area contributed by atoms with Gasteiger partial charge in [0.05, 0.1) is 17.7 Å². The summed E-state index contributed by atoms with van der Waals surface area (Å²) < 4.78 is 14.0. The lowest BCUT2D eigenvalue weighted by atomic mass is 10.1. The van der Waals surface area contributed by atoms with Gasteiger partial charge in [-0.25, -0.2) is 0 Å². The zero-order valence-electron chi connectivity index (χ0n) is 16.5. The Morgan fingerprint density at radius 3 is 2.43 bits per heavy atom. The van der Waals surface area contributed by atoms with Crippen molar-refractivity contribution in [3.05, 3.63) is 63.9 Å². The molecule has 2 aromatic carbocycles. The van der Waals surface area contributed by atoms with E-state index >= 15 is 0 Å². The van der Waals surface area contributed by atoms with E-state index in [1.54, 1.807) is 18.9 Å². The van der Waals surface area contributed by atoms with Gasteiger partial charge in [-0.05, 0) is 65.2 Å². The lowest BCUT2D eigenvalue weighted by Gasteiger charge is -2.10. The molecule has 3 rings (SSSR count). The predicted molar refractivity (Wildman–Crippen MR) is 116 cm³/mol. The van der Waals surface area contributed by atoms with E-state index in [0.717, 1.165) is 39.1 Å². The molecule has 0 bridgehead atoms. The Labute approximate surface area is 178 Å². The van der Waals surface area contributed by atoms with Crippen LogP contribution in [0.15, 0.2) is 52.1 Å². The predicted octanol–water partition coefficient (Wildman–Crippen LogP) is 5.26. The van der Waals surface area contributed by atoms with Crippen molar-refractivity contribution in [2.45, 2.75) is 37.3 Å². The summed E-state index contributed by atoms with van der Waals surface area (Å²) in [5.74, 6) is 3.48. The van der Waals surface area contributed by atoms with Gasteiger partial charge in [0.15, 0.2) is 5.16 Å². The molecular formula is C21H24BrN3O2S. The minimum absolute atomic E-state index is 0.176. The van der Waals surface area contributed by atoms with Gasteiger partial charge in [-0.3, -0.25) is 0 Å².